The first-order valence-electron chi connectivity index (χ1n) is 12.0. The van der Waals surface area contributed by atoms with Crippen LogP contribution in [0.5, 0.6) is 5.75 Å². The first kappa shape index (κ1) is 25.9. The van der Waals surface area contributed by atoms with Gasteiger partial charge in [0.1, 0.15) is 5.82 Å². The van der Waals surface area contributed by atoms with Crippen molar-refractivity contribution in [2.45, 2.75) is 44.6 Å². The van der Waals surface area contributed by atoms with Crippen molar-refractivity contribution in [1.29, 1.82) is 0 Å². The zero-order valence-corrected chi connectivity index (χ0v) is 19.9. The van der Waals surface area contributed by atoms with Crippen molar-refractivity contribution in [2.24, 2.45) is 0 Å². The Morgan fingerprint density at radius 3 is 2.19 bits per heavy atom. The average molecular weight is 503 g/mol. The van der Waals surface area contributed by atoms with Gasteiger partial charge in [-0.15, -0.1) is 6.58 Å². The molecule has 1 heterocycles. The van der Waals surface area contributed by atoms with Crippen molar-refractivity contribution in [3.8, 4) is 28.0 Å². The molecule has 2 atom stereocenters. The van der Waals surface area contributed by atoms with E-state index in [9.17, 15) is 13.2 Å². The van der Waals surface area contributed by atoms with Gasteiger partial charge in [0.05, 0.1) is 19.3 Å². The molecule has 0 spiro atoms. The minimum absolute atomic E-state index is 0.118. The number of hydrogen-bond acceptors (Lipinski definition) is 2. The standard InChI is InChI=1S/C29H27F5O2/c1-3-5-6-19-9-7-18(16-36-19)20-10-8-17(15-24(20)30)21-11-12-22(27(32)26(21)31)23-13-14-25(35-4-2)29(34)28(23)33/h3,8,10-15,18-19H,1,4-7,9,16H2,2H3. The molecule has 36 heavy (non-hydrogen) atoms. The topological polar surface area (TPSA) is 18.5 Å². The van der Waals surface area contributed by atoms with Gasteiger partial charge < -0.3 is 9.47 Å². The largest absolute Gasteiger partial charge is 0.491 e. The zero-order valence-electron chi connectivity index (χ0n) is 19.9. The number of benzene rings is 3. The molecule has 0 N–H and O–H groups in total. The van der Waals surface area contributed by atoms with Crippen molar-refractivity contribution in [3.63, 3.8) is 0 Å². The molecule has 0 saturated carbocycles. The number of halogens is 5. The van der Waals surface area contributed by atoms with E-state index in [1.807, 2.05) is 6.08 Å². The molecule has 1 aliphatic rings. The Morgan fingerprint density at radius 1 is 0.889 bits per heavy atom. The highest BCUT2D eigenvalue weighted by Gasteiger charge is 2.26. The first-order chi connectivity index (χ1) is 17.3. The van der Waals surface area contributed by atoms with Gasteiger partial charge >= 0.3 is 0 Å². The summed E-state index contributed by atoms with van der Waals surface area (Å²) in [5, 5.41) is 0. The number of allylic oxidation sites excluding steroid dienone is 1. The van der Waals surface area contributed by atoms with E-state index >= 15 is 8.78 Å². The van der Waals surface area contributed by atoms with Crippen molar-refractivity contribution < 1.29 is 31.4 Å². The fourth-order valence-corrected chi connectivity index (χ4v) is 4.60. The molecule has 2 unspecified atom stereocenters. The molecule has 1 aliphatic heterocycles. The van der Waals surface area contributed by atoms with Gasteiger partial charge in [-0.1, -0.05) is 30.3 Å². The van der Waals surface area contributed by atoms with E-state index in [4.69, 9.17) is 9.47 Å². The van der Waals surface area contributed by atoms with Gasteiger partial charge in [-0.25, -0.2) is 17.6 Å². The van der Waals surface area contributed by atoms with Crippen LogP contribution in [0, 0.1) is 29.1 Å². The molecule has 4 rings (SSSR count). The molecule has 190 valence electrons. The van der Waals surface area contributed by atoms with E-state index in [0.717, 1.165) is 49.9 Å². The Morgan fingerprint density at radius 2 is 1.56 bits per heavy atom. The van der Waals surface area contributed by atoms with E-state index < -0.39 is 40.2 Å². The van der Waals surface area contributed by atoms with E-state index in [-0.39, 0.29) is 35.5 Å². The molecular weight excluding hydrogens is 475 g/mol. The summed E-state index contributed by atoms with van der Waals surface area (Å²) in [6, 6.07) is 8.91. The second-order valence-corrected chi connectivity index (χ2v) is 8.79. The lowest BCUT2D eigenvalue weighted by atomic mass is 9.88. The van der Waals surface area contributed by atoms with Crippen LogP contribution in [0.4, 0.5) is 22.0 Å². The van der Waals surface area contributed by atoms with Crippen LogP contribution in [0.25, 0.3) is 22.3 Å². The maximum absolute atomic E-state index is 15.0. The third kappa shape index (κ3) is 5.16. The lowest BCUT2D eigenvalue weighted by molar-refractivity contribution is -0.000785. The summed E-state index contributed by atoms with van der Waals surface area (Å²) >= 11 is 0. The summed E-state index contributed by atoms with van der Waals surface area (Å²) in [4.78, 5) is 0. The van der Waals surface area contributed by atoms with E-state index in [1.54, 1.807) is 13.0 Å². The number of rotatable bonds is 8. The van der Waals surface area contributed by atoms with Gasteiger partial charge in [-0.05, 0) is 61.9 Å². The van der Waals surface area contributed by atoms with Gasteiger partial charge in [-0.3, -0.25) is 0 Å². The minimum atomic E-state index is -1.36. The Balaban J connectivity index is 1.58. The highest BCUT2D eigenvalue weighted by molar-refractivity contribution is 5.72. The minimum Gasteiger partial charge on any atom is -0.491 e. The fraction of sp³-hybridized carbons (Fsp3) is 0.310. The average Bonchev–Trinajstić information content (AvgIpc) is 2.88. The molecule has 3 aromatic carbocycles. The molecule has 0 radical (unpaired) electrons. The molecule has 0 bridgehead atoms. The fourth-order valence-electron chi connectivity index (χ4n) is 4.60. The highest BCUT2D eigenvalue weighted by Crippen LogP contribution is 2.37. The van der Waals surface area contributed by atoms with Crippen LogP contribution in [-0.4, -0.2) is 19.3 Å². The van der Waals surface area contributed by atoms with Crippen LogP contribution >= 0.6 is 0 Å². The smallest absolute Gasteiger partial charge is 0.201 e. The van der Waals surface area contributed by atoms with Gasteiger partial charge in [0, 0.05) is 22.6 Å². The van der Waals surface area contributed by atoms with Crippen molar-refractivity contribution in [2.75, 3.05) is 13.2 Å². The lowest BCUT2D eigenvalue weighted by Crippen LogP contribution is -2.25. The summed E-state index contributed by atoms with van der Waals surface area (Å²) in [6.07, 6.45) is 5.29. The predicted molar refractivity (Wildman–Crippen MR) is 129 cm³/mol. The molecular formula is C29H27F5O2. The molecule has 2 nitrogen and oxygen atoms in total. The number of ether oxygens (including phenoxy) is 2. The van der Waals surface area contributed by atoms with Gasteiger partial charge in [0.25, 0.3) is 0 Å². The molecule has 7 heteroatoms. The second kappa shape index (κ2) is 11.2. The van der Waals surface area contributed by atoms with E-state index in [1.165, 1.54) is 12.1 Å². The third-order valence-corrected chi connectivity index (χ3v) is 6.53. The molecule has 0 amide bonds. The summed E-state index contributed by atoms with van der Waals surface area (Å²) in [5.41, 5.74) is -0.469. The summed E-state index contributed by atoms with van der Waals surface area (Å²) in [7, 11) is 0. The van der Waals surface area contributed by atoms with Crippen molar-refractivity contribution in [1.82, 2.24) is 0 Å². The Bertz CT molecular complexity index is 1250. The first-order valence-corrected chi connectivity index (χ1v) is 12.0. The Labute approximate surface area is 207 Å². The quantitative estimate of drug-likeness (QED) is 0.228. The normalized spacial score (nSPS) is 17.7. The zero-order chi connectivity index (χ0) is 25.8. The molecule has 0 aromatic heterocycles. The molecule has 0 aliphatic carbocycles. The van der Waals surface area contributed by atoms with Gasteiger partial charge in [0.2, 0.25) is 5.82 Å². The Hall–Kier alpha value is -3.19. The van der Waals surface area contributed by atoms with Crippen LogP contribution in [0.3, 0.4) is 0 Å². The van der Waals surface area contributed by atoms with Crippen LogP contribution in [0.1, 0.15) is 44.1 Å². The second-order valence-electron chi connectivity index (χ2n) is 8.79. The summed E-state index contributed by atoms with van der Waals surface area (Å²) in [6.45, 7) is 5.83. The third-order valence-electron chi connectivity index (χ3n) is 6.53. The van der Waals surface area contributed by atoms with Crippen molar-refractivity contribution in [3.05, 3.63) is 89.8 Å². The summed E-state index contributed by atoms with van der Waals surface area (Å²) < 4.78 is 84.7. The summed E-state index contributed by atoms with van der Waals surface area (Å²) in [5.74, 6) is -6.24. The SMILES string of the molecule is C=CCCC1CCC(c2ccc(-c3ccc(-c4ccc(OCC)c(F)c4F)c(F)c3F)cc2F)CO1. The lowest BCUT2D eigenvalue weighted by Gasteiger charge is -2.29. The highest BCUT2D eigenvalue weighted by atomic mass is 19.2. The van der Waals surface area contributed by atoms with E-state index in [0.29, 0.717) is 12.2 Å². The molecule has 1 fully saturated rings. The van der Waals surface area contributed by atoms with Gasteiger partial charge in [0.15, 0.2) is 23.2 Å². The van der Waals surface area contributed by atoms with Crippen LogP contribution < -0.4 is 4.74 Å². The van der Waals surface area contributed by atoms with Gasteiger partial charge in [-0.2, -0.15) is 4.39 Å². The van der Waals surface area contributed by atoms with Crippen LogP contribution in [0.2, 0.25) is 0 Å². The maximum atomic E-state index is 15.0. The van der Waals surface area contributed by atoms with Crippen LogP contribution in [-0.2, 0) is 4.74 Å². The Kier molecular flexibility index (Phi) is 8.09. The number of hydrogen-bond donors (Lipinski definition) is 0. The molecule has 1 saturated heterocycles. The van der Waals surface area contributed by atoms with E-state index in [2.05, 4.69) is 6.58 Å². The maximum Gasteiger partial charge on any atom is 0.201 e. The van der Waals surface area contributed by atoms with Crippen LogP contribution in [0.15, 0.2) is 55.1 Å². The predicted octanol–water partition coefficient (Wildman–Crippen LogP) is 8.34. The monoisotopic (exact) mass is 502 g/mol. The van der Waals surface area contributed by atoms with Crippen molar-refractivity contribution >= 4 is 0 Å². The molecule has 3 aromatic rings.